The van der Waals surface area contributed by atoms with Gasteiger partial charge in [0.15, 0.2) is 0 Å². The van der Waals surface area contributed by atoms with Crippen molar-refractivity contribution < 1.29 is 19.1 Å². The van der Waals surface area contributed by atoms with E-state index >= 15 is 0 Å². The number of ether oxygens (including phenoxy) is 2. The smallest absolute Gasteiger partial charge is 0.328 e. The Morgan fingerprint density at radius 1 is 1.22 bits per heavy atom. The molecule has 18 heavy (non-hydrogen) atoms. The topological polar surface area (TPSA) is 55.8 Å². The van der Waals surface area contributed by atoms with Crippen molar-refractivity contribution in [2.45, 2.75) is 13.0 Å². The number of amides is 1. The lowest BCUT2D eigenvalue weighted by Crippen LogP contribution is -2.45. The Morgan fingerprint density at radius 2 is 1.83 bits per heavy atom. The Bertz CT molecular complexity index is 405. The van der Waals surface area contributed by atoms with E-state index in [0.29, 0.717) is 5.69 Å². The molecule has 5 nitrogen and oxygen atoms in total. The van der Waals surface area contributed by atoms with Crippen molar-refractivity contribution in [3.05, 3.63) is 30.3 Å². The third-order valence-corrected chi connectivity index (χ3v) is 2.50. The number of methoxy groups -OCH3 is 2. The van der Waals surface area contributed by atoms with E-state index in [2.05, 4.69) is 4.74 Å². The van der Waals surface area contributed by atoms with Crippen LogP contribution in [0, 0.1) is 0 Å². The van der Waals surface area contributed by atoms with Gasteiger partial charge in [0, 0.05) is 12.8 Å². The zero-order valence-electron chi connectivity index (χ0n) is 10.8. The minimum Gasteiger partial charge on any atom is -0.467 e. The first kappa shape index (κ1) is 14.2. The molecule has 0 saturated heterocycles. The molecule has 1 aromatic carbocycles. The monoisotopic (exact) mass is 251 g/mol. The fourth-order valence-corrected chi connectivity index (χ4v) is 1.64. The molecule has 98 valence electrons. The number of carbonyl (C=O) groups excluding carboxylic acids is 2. The molecular weight excluding hydrogens is 234 g/mol. The van der Waals surface area contributed by atoms with Gasteiger partial charge in [0.1, 0.15) is 12.6 Å². The minimum atomic E-state index is -0.694. The molecule has 1 amide bonds. The second kappa shape index (κ2) is 6.76. The van der Waals surface area contributed by atoms with Crippen LogP contribution in [0.4, 0.5) is 5.69 Å². The number of anilines is 1. The summed E-state index contributed by atoms with van der Waals surface area (Å²) in [6.07, 6.45) is 0. The highest BCUT2D eigenvalue weighted by molar-refractivity contribution is 5.99. The molecule has 0 fully saturated rings. The number of carbonyl (C=O) groups is 2. The summed E-state index contributed by atoms with van der Waals surface area (Å²) < 4.78 is 9.50. The van der Waals surface area contributed by atoms with Crippen molar-refractivity contribution >= 4 is 17.6 Å². The average molecular weight is 251 g/mol. The number of rotatable bonds is 5. The van der Waals surface area contributed by atoms with Crippen LogP contribution in [0.25, 0.3) is 0 Å². The lowest BCUT2D eigenvalue weighted by atomic mass is 10.2. The first-order valence-electron chi connectivity index (χ1n) is 5.55. The molecule has 1 atom stereocenters. The number of nitrogens with zero attached hydrogens (tertiary/aromatic N) is 1. The van der Waals surface area contributed by atoms with E-state index in [-0.39, 0.29) is 12.5 Å². The molecule has 0 aliphatic rings. The Hall–Kier alpha value is -1.88. The second-order valence-corrected chi connectivity index (χ2v) is 3.73. The highest BCUT2D eigenvalue weighted by atomic mass is 16.5. The van der Waals surface area contributed by atoms with Crippen LogP contribution >= 0.6 is 0 Å². The van der Waals surface area contributed by atoms with Crippen LogP contribution in [-0.4, -0.2) is 38.7 Å². The fraction of sp³-hybridized carbons (Fsp3) is 0.385. The molecule has 0 bridgehead atoms. The summed E-state index contributed by atoms with van der Waals surface area (Å²) in [4.78, 5) is 24.9. The van der Waals surface area contributed by atoms with Crippen LogP contribution in [0.3, 0.4) is 0 Å². The molecule has 0 heterocycles. The van der Waals surface area contributed by atoms with Crippen LogP contribution in [0.5, 0.6) is 0 Å². The molecule has 0 unspecified atom stereocenters. The van der Waals surface area contributed by atoms with Crippen LogP contribution in [0.2, 0.25) is 0 Å². The highest BCUT2D eigenvalue weighted by Crippen LogP contribution is 2.17. The summed E-state index contributed by atoms with van der Waals surface area (Å²) in [6.45, 7) is 1.53. The van der Waals surface area contributed by atoms with Crippen LogP contribution in [0.1, 0.15) is 6.92 Å². The first-order chi connectivity index (χ1) is 8.61. The zero-order chi connectivity index (χ0) is 13.5. The van der Waals surface area contributed by atoms with Gasteiger partial charge in [-0.2, -0.15) is 0 Å². The molecule has 5 heteroatoms. The van der Waals surface area contributed by atoms with Crippen LogP contribution < -0.4 is 4.90 Å². The second-order valence-electron chi connectivity index (χ2n) is 3.73. The van der Waals surface area contributed by atoms with Gasteiger partial charge in [-0.15, -0.1) is 0 Å². The summed E-state index contributed by atoms with van der Waals surface area (Å²) in [5.41, 5.74) is 0.637. The largest absolute Gasteiger partial charge is 0.467 e. The molecule has 0 aromatic heterocycles. The van der Waals surface area contributed by atoms with E-state index in [4.69, 9.17) is 4.74 Å². The third-order valence-electron chi connectivity index (χ3n) is 2.50. The van der Waals surface area contributed by atoms with Gasteiger partial charge >= 0.3 is 5.97 Å². The molecule has 0 N–H and O–H groups in total. The summed E-state index contributed by atoms with van der Waals surface area (Å²) in [7, 11) is 2.73. The Kier molecular flexibility index (Phi) is 5.32. The minimum absolute atomic E-state index is 0.0871. The molecule has 1 rings (SSSR count). The molecule has 0 saturated carbocycles. The van der Waals surface area contributed by atoms with Gasteiger partial charge in [-0.3, -0.25) is 9.69 Å². The van der Waals surface area contributed by atoms with E-state index < -0.39 is 12.0 Å². The predicted molar refractivity (Wildman–Crippen MR) is 67.3 cm³/mol. The van der Waals surface area contributed by atoms with Crippen molar-refractivity contribution in [1.82, 2.24) is 0 Å². The summed E-state index contributed by atoms with van der Waals surface area (Å²) in [5.74, 6) is -0.759. The Morgan fingerprint density at radius 3 is 2.33 bits per heavy atom. The van der Waals surface area contributed by atoms with Crippen molar-refractivity contribution in [2.75, 3.05) is 25.7 Å². The van der Waals surface area contributed by atoms with Gasteiger partial charge in [0.2, 0.25) is 0 Å². The number of benzene rings is 1. The summed E-state index contributed by atoms with van der Waals surface area (Å²) in [5, 5.41) is 0. The van der Waals surface area contributed by atoms with Gasteiger partial charge in [-0.05, 0) is 19.1 Å². The lowest BCUT2D eigenvalue weighted by Gasteiger charge is -2.27. The van der Waals surface area contributed by atoms with Crippen molar-refractivity contribution in [2.24, 2.45) is 0 Å². The number of esters is 1. The molecule has 0 aliphatic carbocycles. The van der Waals surface area contributed by atoms with E-state index in [1.807, 2.05) is 6.07 Å². The van der Waals surface area contributed by atoms with Crippen LogP contribution in [-0.2, 0) is 19.1 Å². The standard InChI is InChI=1S/C13H17NO4/c1-10(13(16)18-3)14(12(15)9-17-2)11-7-5-4-6-8-11/h4-8,10H,9H2,1-3H3/t10-/m0/s1. The SMILES string of the molecule is COCC(=O)N(c1ccccc1)[C@@H](C)C(=O)OC. The van der Waals surface area contributed by atoms with Gasteiger partial charge in [0.05, 0.1) is 7.11 Å². The summed E-state index contributed by atoms with van der Waals surface area (Å²) >= 11 is 0. The predicted octanol–water partition coefficient (Wildman–Crippen LogP) is 1.23. The first-order valence-corrected chi connectivity index (χ1v) is 5.55. The number of hydrogen-bond donors (Lipinski definition) is 0. The third kappa shape index (κ3) is 3.30. The normalized spacial score (nSPS) is 11.7. The number of para-hydroxylation sites is 1. The van der Waals surface area contributed by atoms with E-state index in [0.717, 1.165) is 0 Å². The maximum Gasteiger partial charge on any atom is 0.328 e. The van der Waals surface area contributed by atoms with Gasteiger partial charge in [-0.1, -0.05) is 18.2 Å². The van der Waals surface area contributed by atoms with Gasteiger partial charge < -0.3 is 9.47 Å². The van der Waals surface area contributed by atoms with Crippen molar-refractivity contribution in [3.8, 4) is 0 Å². The van der Waals surface area contributed by atoms with E-state index in [1.54, 1.807) is 31.2 Å². The molecule has 0 spiro atoms. The van der Waals surface area contributed by atoms with Crippen molar-refractivity contribution in [3.63, 3.8) is 0 Å². The number of hydrogen-bond acceptors (Lipinski definition) is 4. The fourth-order valence-electron chi connectivity index (χ4n) is 1.64. The highest BCUT2D eigenvalue weighted by Gasteiger charge is 2.27. The maximum absolute atomic E-state index is 12.0. The van der Waals surface area contributed by atoms with Crippen molar-refractivity contribution in [1.29, 1.82) is 0 Å². The maximum atomic E-state index is 12.0. The Balaban J connectivity index is 3.03. The molecule has 0 radical (unpaired) electrons. The van der Waals surface area contributed by atoms with Gasteiger partial charge in [0.25, 0.3) is 5.91 Å². The van der Waals surface area contributed by atoms with E-state index in [9.17, 15) is 9.59 Å². The van der Waals surface area contributed by atoms with Gasteiger partial charge in [-0.25, -0.2) is 4.79 Å². The molecular formula is C13H17NO4. The lowest BCUT2D eigenvalue weighted by molar-refractivity contribution is -0.143. The van der Waals surface area contributed by atoms with E-state index in [1.165, 1.54) is 19.1 Å². The summed E-state index contributed by atoms with van der Waals surface area (Å²) in [6, 6.07) is 8.25. The van der Waals surface area contributed by atoms with Crippen LogP contribution in [0.15, 0.2) is 30.3 Å². The Labute approximate surface area is 106 Å². The quantitative estimate of drug-likeness (QED) is 0.738. The zero-order valence-corrected chi connectivity index (χ0v) is 10.8. The average Bonchev–Trinajstić information content (AvgIpc) is 2.39. The molecule has 1 aromatic rings. The molecule has 0 aliphatic heterocycles.